The molecule has 0 aromatic heterocycles. The molecule has 0 radical (unpaired) electrons. The van der Waals surface area contributed by atoms with Crippen molar-refractivity contribution in [1.82, 2.24) is 5.32 Å². The Kier molecular flexibility index (Phi) is 3.64. The number of amides is 1. The maximum absolute atomic E-state index is 13.7. The zero-order valence-corrected chi connectivity index (χ0v) is 10.3. The van der Waals surface area contributed by atoms with Crippen LogP contribution in [-0.4, -0.2) is 25.5 Å². The molecule has 0 saturated carbocycles. The van der Waals surface area contributed by atoms with Gasteiger partial charge in [-0.3, -0.25) is 4.79 Å². The van der Waals surface area contributed by atoms with Gasteiger partial charge in [-0.25, -0.2) is 4.39 Å². The third-order valence-electron chi connectivity index (χ3n) is 2.99. The molecule has 0 aliphatic carbocycles. The van der Waals surface area contributed by atoms with Gasteiger partial charge >= 0.3 is 0 Å². The van der Waals surface area contributed by atoms with Crippen LogP contribution in [0.15, 0.2) is 18.2 Å². The monoisotopic (exact) mass is 256 g/mol. The van der Waals surface area contributed by atoms with Crippen LogP contribution in [0, 0.1) is 5.82 Å². The number of rotatable bonds is 2. The van der Waals surface area contributed by atoms with Crippen molar-refractivity contribution in [1.29, 1.82) is 0 Å². The molecule has 1 aliphatic heterocycles. The van der Waals surface area contributed by atoms with Gasteiger partial charge in [0.25, 0.3) is 0 Å². The van der Waals surface area contributed by atoms with Gasteiger partial charge in [0, 0.05) is 11.6 Å². The molecular formula is C12H14ClFN2O. The minimum Gasteiger partial charge on any atom is -0.309 e. The van der Waals surface area contributed by atoms with Crippen molar-refractivity contribution in [2.45, 2.75) is 18.9 Å². The van der Waals surface area contributed by atoms with Crippen LogP contribution < -0.4 is 10.2 Å². The summed E-state index contributed by atoms with van der Waals surface area (Å²) in [6.45, 7) is 0.536. The molecule has 1 saturated heterocycles. The molecule has 1 amide bonds. The summed E-state index contributed by atoms with van der Waals surface area (Å²) in [6.07, 6.45) is 1.64. The van der Waals surface area contributed by atoms with Crippen LogP contribution in [0.4, 0.5) is 10.1 Å². The normalized spacial score (nSPS) is 20.8. The highest BCUT2D eigenvalue weighted by molar-refractivity contribution is 6.31. The molecule has 2 rings (SSSR count). The average Bonchev–Trinajstić information content (AvgIpc) is 2.33. The van der Waals surface area contributed by atoms with E-state index in [1.807, 2.05) is 0 Å². The summed E-state index contributed by atoms with van der Waals surface area (Å²) in [5.74, 6) is -0.514. The van der Waals surface area contributed by atoms with Gasteiger partial charge in [0.2, 0.25) is 5.91 Å². The summed E-state index contributed by atoms with van der Waals surface area (Å²) in [6, 6.07) is 4.02. The molecule has 5 heteroatoms. The third kappa shape index (κ3) is 2.42. The molecule has 1 fully saturated rings. The van der Waals surface area contributed by atoms with Gasteiger partial charge in [0.1, 0.15) is 5.82 Å². The summed E-state index contributed by atoms with van der Waals surface area (Å²) in [4.78, 5) is 13.5. The van der Waals surface area contributed by atoms with Gasteiger partial charge in [0.05, 0.1) is 11.7 Å². The van der Waals surface area contributed by atoms with Crippen molar-refractivity contribution in [3.8, 4) is 0 Å². The summed E-state index contributed by atoms with van der Waals surface area (Å²) < 4.78 is 13.7. The molecule has 0 bridgehead atoms. The number of carbonyl (C=O) groups excluding carboxylic acids is 1. The van der Waals surface area contributed by atoms with Gasteiger partial charge in [0.15, 0.2) is 0 Å². The van der Waals surface area contributed by atoms with E-state index in [1.165, 1.54) is 23.1 Å². The number of nitrogens with one attached hydrogen (secondary N) is 1. The number of halogens is 2. The summed E-state index contributed by atoms with van der Waals surface area (Å²) in [7, 11) is 1.74. The molecule has 1 aliphatic rings. The molecule has 0 spiro atoms. The molecule has 1 unspecified atom stereocenters. The van der Waals surface area contributed by atoms with E-state index in [-0.39, 0.29) is 17.6 Å². The lowest BCUT2D eigenvalue weighted by atomic mass is 10.0. The molecule has 1 N–H and O–H groups in total. The largest absolute Gasteiger partial charge is 0.309 e. The van der Waals surface area contributed by atoms with E-state index < -0.39 is 5.82 Å². The van der Waals surface area contributed by atoms with E-state index >= 15 is 0 Å². The van der Waals surface area contributed by atoms with E-state index in [2.05, 4.69) is 5.32 Å². The molecule has 1 aromatic rings. The Labute approximate surface area is 105 Å². The Morgan fingerprint density at radius 3 is 3.00 bits per heavy atom. The second kappa shape index (κ2) is 5.02. The van der Waals surface area contributed by atoms with Crippen molar-refractivity contribution >= 4 is 23.2 Å². The fourth-order valence-corrected chi connectivity index (χ4v) is 2.24. The van der Waals surface area contributed by atoms with E-state index in [9.17, 15) is 9.18 Å². The van der Waals surface area contributed by atoms with Gasteiger partial charge in [-0.2, -0.15) is 0 Å². The number of nitrogens with zero attached hydrogens (tertiary/aromatic N) is 1. The third-order valence-corrected chi connectivity index (χ3v) is 3.22. The number of piperidine rings is 1. The van der Waals surface area contributed by atoms with Gasteiger partial charge in [-0.1, -0.05) is 11.6 Å². The van der Waals surface area contributed by atoms with Crippen molar-refractivity contribution in [3.63, 3.8) is 0 Å². The first-order valence-electron chi connectivity index (χ1n) is 5.57. The van der Waals surface area contributed by atoms with Crippen LogP contribution in [-0.2, 0) is 4.79 Å². The highest BCUT2D eigenvalue weighted by Gasteiger charge is 2.29. The van der Waals surface area contributed by atoms with Gasteiger partial charge < -0.3 is 10.2 Å². The Morgan fingerprint density at radius 2 is 2.29 bits per heavy atom. The van der Waals surface area contributed by atoms with E-state index in [1.54, 1.807) is 7.05 Å². The van der Waals surface area contributed by atoms with Crippen LogP contribution in [0.25, 0.3) is 0 Å². The molecular weight excluding hydrogens is 243 g/mol. The van der Waals surface area contributed by atoms with Crippen LogP contribution >= 0.6 is 11.6 Å². The van der Waals surface area contributed by atoms with Crippen molar-refractivity contribution < 1.29 is 9.18 Å². The summed E-state index contributed by atoms with van der Waals surface area (Å²) >= 11 is 5.83. The predicted molar refractivity (Wildman–Crippen MR) is 65.8 cm³/mol. The Morgan fingerprint density at radius 1 is 1.53 bits per heavy atom. The smallest absolute Gasteiger partial charge is 0.244 e. The average molecular weight is 257 g/mol. The number of benzene rings is 1. The SMILES string of the molecule is CNC1CCCN(c2cc(Cl)ccc2F)C1=O. The lowest BCUT2D eigenvalue weighted by molar-refractivity contribution is -0.121. The Bertz CT molecular complexity index is 439. The Balaban J connectivity index is 2.32. The quantitative estimate of drug-likeness (QED) is 0.880. The standard InChI is InChI=1S/C12H14ClFN2O/c1-15-10-3-2-6-16(12(10)17)11-7-8(13)4-5-9(11)14/h4-5,7,10,15H,2-3,6H2,1H3. The fraction of sp³-hybridized carbons (Fsp3) is 0.417. The van der Waals surface area contributed by atoms with Crippen LogP contribution in [0.1, 0.15) is 12.8 Å². The number of anilines is 1. The molecule has 17 heavy (non-hydrogen) atoms. The fourth-order valence-electron chi connectivity index (χ4n) is 2.07. The minimum atomic E-state index is -0.417. The van der Waals surface area contributed by atoms with E-state index in [0.717, 1.165) is 12.8 Å². The Hall–Kier alpha value is -1.13. The second-order valence-electron chi connectivity index (χ2n) is 4.07. The zero-order chi connectivity index (χ0) is 12.4. The van der Waals surface area contributed by atoms with Crippen LogP contribution in [0.2, 0.25) is 5.02 Å². The minimum absolute atomic E-state index is 0.0973. The summed E-state index contributed by atoms with van der Waals surface area (Å²) in [5, 5.41) is 3.37. The number of likely N-dealkylation sites (N-methyl/N-ethyl adjacent to an activating group) is 1. The number of carbonyl (C=O) groups is 1. The molecule has 92 valence electrons. The maximum atomic E-state index is 13.7. The van der Waals surface area contributed by atoms with E-state index in [0.29, 0.717) is 11.6 Å². The zero-order valence-electron chi connectivity index (χ0n) is 9.54. The molecule has 1 heterocycles. The van der Waals surface area contributed by atoms with Crippen LogP contribution in [0.5, 0.6) is 0 Å². The lowest BCUT2D eigenvalue weighted by Crippen LogP contribution is -2.50. The molecule has 3 nitrogen and oxygen atoms in total. The van der Waals surface area contributed by atoms with Crippen molar-refractivity contribution in [2.24, 2.45) is 0 Å². The van der Waals surface area contributed by atoms with Crippen molar-refractivity contribution in [2.75, 3.05) is 18.5 Å². The number of hydrogen-bond acceptors (Lipinski definition) is 2. The number of hydrogen-bond donors (Lipinski definition) is 1. The highest BCUT2D eigenvalue weighted by atomic mass is 35.5. The maximum Gasteiger partial charge on any atom is 0.244 e. The van der Waals surface area contributed by atoms with Gasteiger partial charge in [-0.15, -0.1) is 0 Å². The predicted octanol–water partition coefficient (Wildman–Crippen LogP) is 2.19. The second-order valence-corrected chi connectivity index (χ2v) is 4.51. The van der Waals surface area contributed by atoms with Crippen LogP contribution in [0.3, 0.4) is 0 Å². The summed E-state index contributed by atoms with van der Waals surface area (Å²) in [5.41, 5.74) is 0.266. The molecule has 1 atom stereocenters. The van der Waals surface area contributed by atoms with Gasteiger partial charge in [-0.05, 0) is 38.1 Å². The highest BCUT2D eigenvalue weighted by Crippen LogP contribution is 2.27. The van der Waals surface area contributed by atoms with Crippen molar-refractivity contribution in [3.05, 3.63) is 29.0 Å². The molecule has 1 aromatic carbocycles. The van der Waals surface area contributed by atoms with E-state index in [4.69, 9.17) is 11.6 Å². The topological polar surface area (TPSA) is 32.3 Å². The lowest BCUT2D eigenvalue weighted by Gasteiger charge is -2.32. The first kappa shape index (κ1) is 12.3. The first-order chi connectivity index (χ1) is 8.13. The first-order valence-corrected chi connectivity index (χ1v) is 5.95.